The molecule has 0 saturated heterocycles. The number of rotatable bonds is 5. The first-order valence-corrected chi connectivity index (χ1v) is 8.40. The first kappa shape index (κ1) is 15.4. The molecular formula is C14H20FNO3S. The summed E-state index contributed by atoms with van der Waals surface area (Å²) in [6, 6.07) is 3.66. The first-order chi connectivity index (χ1) is 9.53. The summed E-state index contributed by atoms with van der Waals surface area (Å²) in [7, 11) is -3.82. The normalized spacial score (nSPS) is 17.3. The Bertz CT molecular complexity index is 554. The summed E-state index contributed by atoms with van der Waals surface area (Å²) < 4.78 is 40.4. The predicted molar refractivity (Wildman–Crippen MR) is 74.1 cm³/mol. The quantitative estimate of drug-likeness (QED) is 0.876. The van der Waals surface area contributed by atoms with Crippen LogP contribution in [-0.2, 0) is 16.6 Å². The minimum atomic E-state index is -3.82. The van der Waals surface area contributed by atoms with E-state index >= 15 is 0 Å². The van der Waals surface area contributed by atoms with E-state index in [4.69, 9.17) is 5.11 Å². The average Bonchev–Trinajstić information content (AvgIpc) is 2.46. The van der Waals surface area contributed by atoms with Crippen LogP contribution < -0.4 is 4.72 Å². The van der Waals surface area contributed by atoms with Gasteiger partial charge in [-0.2, -0.15) is 0 Å². The van der Waals surface area contributed by atoms with Gasteiger partial charge in [-0.1, -0.05) is 25.3 Å². The van der Waals surface area contributed by atoms with Gasteiger partial charge in [0.15, 0.2) is 0 Å². The van der Waals surface area contributed by atoms with E-state index in [-0.39, 0.29) is 11.5 Å². The van der Waals surface area contributed by atoms with Crippen LogP contribution in [0.1, 0.15) is 37.7 Å². The van der Waals surface area contributed by atoms with E-state index in [1.54, 1.807) is 0 Å². The lowest BCUT2D eigenvalue weighted by Gasteiger charge is -2.21. The number of nitrogens with one attached hydrogen (secondary N) is 1. The van der Waals surface area contributed by atoms with E-state index in [0.29, 0.717) is 18.0 Å². The van der Waals surface area contributed by atoms with E-state index < -0.39 is 15.8 Å². The van der Waals surface area contributed by atoms with Crippen LogP contribution in [0.3, 0.4) is 0 Å². The second kappa shape index (κ2) is 6.65. The maximum absolute atomic E-state index is 13.8. The van der Waals surface area contributed by atoms with Gasteiger partial charge in [0.05, 0.1) is 6.61 Å². The second-order valence-corrected chi connectivity index (χ2v) is 7.01. The Balaban J connectivity index is 2.05. The zero-order valence-electron chi connectivity index (χ0n) is 11.3. The molecule has 0 atom stereocenters. The van der Waals surface area contributed by atoms with Gasteiger partial charge in [-0.25, -0.2) is 17.5 Å². The molecule has 2 N–H and O–H groups in total. The van der Waals surface area contributed by atoms with Gasteiger partial charge in [0.25, 0.3) is 0 Å². The predicted octanol–water partition coefficient (Wildman–Crippen LogP) is 2.18. The number of sulfonamides is 1. The third kappa shape index (κ3) is 3.77. The molecule has 6 heteroatoms. The van der Waals surface area contributed by atoms with Gasteiger partial charge in [-0.3, -0.25) is 0 Å². The van der Waals surface area contributed by atoms with Crippen molar-refractivity contribution in [1.29, 1.82) is 0 Å². The Hall–Kier alpha value is -0.980. The van der Waals surface area contributed by atoms with Crippen LogP contribution >= 0.6 is 0 Å². The molecule has 0 amide bonds. The molecular weight excluding hydrogens is 281 g/mol. The summed E-state index contributed by atoms with van der Waals surface area (Å²) in [5.74, 6) is -0.481. The average molecular weight is 301 g/mol. The molecule has 1 aromatic carbocycles. The number of halogens is 1. The molecule has 0 heterocycles. The molecule has 1 aromatic rings. The van der Waals surface area contributed by atoms with Crippen molar-refractivity contribution in [3.05, 3.63) is 29.6 Å². The van der Waals surface area contributed by atoms with Crippen LogP contribution in [0.2, 0.25) is 0 Å². The number of benzene rings is 1. The van der Waals surface area contributed by atoms with Crippen LogP contribution in [0.4, 0.5) is 4.39 Å². The zero-order chi connectivity index (χ0) is 14.6. The summed E-state index contributed by atoms with van der Waals surface area (Å²) >= 11 is 0. The molecule has 0 bridgehead atoms. The standard InChI is InChI=1S/C14H20FNO3S/c15-13-8-12(10-17)6-7-14(13)20(18,19)16-9-11-4-2-1-3-5-11/h6-8,11,16-17H,1-5,9-10H2. The highest BCUT2D eigenvalue weighted by molar-refractivity contribution is 7.89. The van der Waals surface area contributed by atoms with Crippen molar-refractivity contribution in [3.8, 4) is 0 Å². The Morgan fingerprint density at radius 3 is 2.55 bits per heavy atom. The highest BCUT2D eigenvalue weighted by Gasteiger charge is 2.21. The lowest BCUT2D eigenvalue weighted by molar-refractivity contribution is 0.281. The summed E-state index contributed by atoms with van der Waals surface area (Å²) in [4.78, 5) is -0.356. The molecule has 0 aromatic heterocycles. The largest absolute Gasteiger partial charge is 0.392 e. The molecule has 20 heavy (non-hydrogen) atoms. The molecule has 4 nitrogen and oxygen atoms in total. The van der Waals surface area contributed by atoms with Crippen molar-refractivity contribution in [2.75, 3.05) is 6.54 Å². The Morgan fingerprint density at radius 2 is 1.95 bits per heavy atom. The smallest absolute Gasteiger partial charge is 0.243 e. The highest BCUT2D eigenvalue weighted by atomic mass is 32.2. The summed E-state index contributed by atoms with van der Waals surface area (Å²) in [5.41, 5.74) is 0.355. The van der Waals surface area contributed by atoms with Gasteiger partial charge in [0, 0.05) is 6.54 Å². The zero-order valence-corrected chi connectivity index (χ0v) is 12.1. The van der Waals surface area contributed by atoms with Crippen LogP contribution in [0, 0.1) is 11.7 Å². The van der Waals surface area contributed by atoms with Crippen molar-refractivity contribution in [3.63, 3.8) is 0 Å². The minimum Gasteiger partial charge on any atom is -0.392 e. The van der Waals surface area contributed by atoms with Crippen molar-refractivity contribution in [1.82, 2.24) is 4.72 Å². The van der Waals surface area contributed by atoms with Crippen LogP contribution in [0.25, 0.3) is 0 Å². The first-order valence-electron chi connectivity index (χ1n) is 6.92. The lowest BCUT2D eigenvalue weighted by Crippen LogP contribution is -2.30. The van der Waals surface area contributed by atoms with Crippen LogP contribution in [0.5, 0.6) is 0 Å². The van der Waals surface area contributed by atoms with Gasteiger partial charge in [0.2, 0.25) is 10.0 Å². The number of aliphatic hydroxyl groups is 1. The monoisotopic (exact) mass is 301 g/mol. The van der Waals surface area contributed by atoms with Gasteiger partial charge in [-0.05, 0) is 36.5 Å². The SMILES string of the molecule is O=S(=O)(NCC1CCCCC1)c1ccc(CO)cc1F. The van der Waals surface area contributed by atoms with Crippen molar-refractivity contribution in [2.24, 2.45) is 5.92 Å². The number of aliphatic hydroxyl groups excluding tert-OH is 1. The molecule has 0 radical (unpaired) electrons. The van der Waals surface area contributed by atoms with Crippen molar-refractivity contribution in [2.45, 2.75) is 43.6 Å². The summed E-state index contributed by atoms with van der Waals surface area (Å²) in [6.07, 6.45) is 5.52. The molecule has 1 saturated carbocycles. The molecule has 2 rings (SSSR count). The topological polar surface area (TPSA) is 66.4 Å². The number of hydrogen-bond acceptors (Lipinski definition) is 3. The fourth-order valence-electron chi connectivity index (χ4n) is 2.56. The molecule has 112 valence electrons. The maximum Gasteiger partial charge on any atom is 0.243 e. The van der Waals surface area contributed by atoms with Crippen molar-refractivity contribution < 1.29 is 17.9 Å². The Labute approximate surface area is 119 Å². The van der Waals surface area contributed by atoms with Gasteiger partial charge in [-0.15, -0.1) is 0 Å². The third-order valence-electron chi connectivity index (χ3n) is 3.76. The fourth-order valence-corrected chi connectivity index (χ4v) is 3.73. The maximum atomic E-state index is 13.8. The van der Waals surface area contributed by atoms with Gasteiger partial charge in [0.1, 0.15) is 10.7 Å². The highest BCUT2D eigenvalue weighted by Crippen LogP contribution is 2.23. The molecule has 1 aliphatic rings. The van der Waals surface area contributed by atoms with E-state index in [2.05, 4.69) is 4.72 Å². The van der Waals surface area contributed by atoms with Crippen LogP contribution in [0.15, 0.2) is 23.1 Å². The van der Waals surface area contributed by atoms with E-state index in [0.717, 1.165) is 31.7 Å². The second-order valence-electron chi connectivity index (χ2n) is 5.28. The molecule has 1 aliphatic carbocycles. The van der Waals surface area contributed by atoms with Gasteiger partial charge >= 0.3 is 0 Å². The lowest BCUT2D eigenvalue weighted by atomic mass is 9.90. The minimum absolute atomic E-state index is 0.313. The fraction of sp³-hybridized carbons (Fsp3) is 0.571. The van der Waals surface area contributed by atoms with Gasteiger partial charge < -0.3 is 5.11 Å². The van der Waals surface area contributed by atoms with E-state index in [1.165, 1.54) is 18.6 Å². The van der Waals surface area contributed by atoms with Crippen molar-refractivity contribution >= 4 is 10.0 Å². The summed E-state index contributed by atoms with van der Waals surface area (Å²) in [6.45, 7) is 0.0519. The molecule has 1 fully saturated rings. The molecule has 0 unspecified atom stereocenters. The molecule has 0 aliphatic heterocycles. The summed E-state index contributed by atoms with van der Waals surface area (Å²) in [5, 5.41) is 8.90. The Kier molecular flexibility index (Phi) is 5.12. The molecule has 0 spiro atoms. The Morgan fingerprint density at radius 1 is 1.25 bits per heavy atom. The number of hydrogen-bond donors (Lipinski definition) is 2. The van der Waals surface area contributed by atoms with E-state index in [1.807, 2.05) is 0 Å². The van der Waals surface area contributed by atoms with E-state index in [9.17, 15) is 12.8 Å². The van der Waals surface area contributed by atoms with Crippen LogP contribution in [-0.4, -0.2) is 20.1 Å². The third-order valence-corrected chi connectivity index (χ3v) is 5.21.